The summed E-state index contributed by atoms with van der Waals surface area (Å²) in [6.07, 6.45) is -3.99. The molecule has 1 fully saturated rings. The van der Waals surface area contributed by atoms with Crippen LogP contribution in [0.5, 0.6) is 0 Å². The topological polar surface area (TPSA) is 79.2 Å². The molecule has 0 aliphatic carbocycles. The number of Topliss-reactive ketones (excluding diaryl/α,β-unsaturated/α-hetero) is 1. The van der Waals surface area contributed by atoms with E-state index in [4.69, 9.17) is 9.47 Å². The van der Waals surface area contributed by atoms with Gasteiger partial charge in [-0.2, -0.15) is 0 Å². The van der Waals surface area contributed by atoms with Crippen molar-refractivity contribution >= 4 is 5.78 Å². The van der Waals surface area contributed by atoms with Crippen molar-refractivity contribution in [3.63, 3.8) is 0 Å². The summed E-state index contributed by atoms with van der Waals surface area (Å²) < 4.78 is 10.6. The fraction of sp³-hybridized carbons (Fsp3) is 0.409. The summed E-state index contributed by atoms with van der Waals surface area (Å²) in [7, 11) is 0. The third kappa shape index (κ3) is 5.70. The van der Waals surface area contributed by atoms with Crippen LogP contribution in [0.4, 0.5) is 0 Å². The number of carbonyl (C=O) groups excluding carboxylic acids is 1. The second kappa shape index (κ2) is 9.91. The minimum absolute atomic E-state index is 0.0356. The molecule has 0 radical (unpaired) electrons. The van der Waals surface area contributed by atoms with Gasteiger partial charge in [-0.15, -0.1) is 0 Å². The van der Waals surface area contributed by atoms with Crippen molar-refractivity contribution in [2.45, 2.75) is 44.6 Å². The van der Waals surface area contributed by atoms with E-state index in [1.54, 1.807) is 6.92 Å². The van der Waals surface area contributed by atoms with Gasteiger partial charge in [0.1, 0.15) is 18.3 Å². The molecule has 2 aromatic carbocycles. The number of rotatable bonds is 8. The molecule has 28 heavy (non-hydrogen) atoms. The van der Waals surface area contributed by atoms with Crippen LogP contribution in [0.2, 0.25) is 0 Å². The van der Waals surface area contributed by atoms with Crippen molar-refractivity contribution in [2.75, 3.05) is 13.2 Å². The normalized spacial score (nSPS) is 23.5. The van der Waals surface area contributed by atoms with Gasteiger partial charge < -0.3 is 19.7 Å². The first-order valence-electron chi connectivity index (χ1n) is 9.49. The highest BCUT2D eigenvalue weighted by Gasteiger charge is 2.38. The molecule has 0 spiro atoms. The summed E-state index contributed by atoms with van der Waals surface area (Å²) in [5.41, 5.74) is 2.16. The molecule has 2 N–H and O–H groups in total. The molecule has 0 amide bonds. The highest BCUT2D eigenvalue weighted by Crippen LogP contribution is 2.18. The summed E-state index contributed by atoms with van der Waals surface area (Å²) in [6, 6.07) is 19.8. The van der Waals surface area contributed by atoms with Crippen molar-refractivity contribution in [3.8, 4) is 0 Å². The lowest BCUT2D eigenvalue weighted by Crippen LogP contribution is -2.53. The van der Waals surface area contributed by atoms with Gasteiger partial charge in [0.05, 0.1) is 13.2 Å². The largest absolute Gasteiger partial charge is 0.388 e. The first kappa shape index (κ1) is 20.6. The maximum absolute atomic E-state index is 12.8. The maximum atomic E-state index is 12.8. The quantitative estimate of drug-likeness (QED) is 0.721. The maximum Gasteiger partial charge on any atom is 0.177 e. The summed E-state index contributed by atoms with van der Waals surface area (Å²) in [6.45, 7) is 2.90. The molecular weight excluding hydrogens is 358 g/mol. The van der Waals surface area contributed by atoms with E-state index in [2.05, 4.69) is 0 Å². The molecular formula is C22H27NO5. The smallest absolute Gasteiger partial charge is 0.177 e. The van der Waals surface area contributed by atoms with Crippen LogP contribution >= 0.6 is 0 Å². The summed E-state index contributed by atoms with van der Waals surface area (Å²) in [4.78, 5) is 14.7. The number of hydrogen-bond acceptors (Lipinski definition) is 6. The monoisotopic (exact) mass is 385 g/mol. The second-order valence-corrected chi connectivity index (χ2v) is 7.10. The minimum atomic E-state index is -1.41. The van der Waals surface area contributed by atoms with Gasteiger partial charge in [0.15, 0.2) is 12.1 Å². The Hall–Kier alpha value is -2.09. The number of benzene rings is 2. The highest BCUT2D eigenvalue weighted by atomic mass is 16.7. The molecule has 4 atom stereocenters. The van der Waals surface area contributed by atoms with E-state index in [1.165, 1.54) is 0 Å². The van der Waals surface area contributed by atoms with Gasteiger partial charge in [0, 0.05) is 13.1 Å². The molecule has 0 unspecified atom stereocenters. The molecule has 0 bridgehead atoms. The number of ether oxygens (including phenoxy) is 2. The summed E-state index contributed by atoms with van der Waals surface area (Å²) >= 11 is 0. The van der Waals surface area contributed by atoms with Gasteiger partial charge in [-0.3, -0.25) is 9.69 Å². The van der Waals surface area contributed by atoms with Gasteiger partial charge in [-0.25, -0.2) is 0 Å². The zero-order valence-electron chi connectivity index (χ0n) is 16.0. The third-order valence-electron chi connectivity index (χ3n) is 4.75. The van der Waals surface area contributed by atoms with E-state index in [0.717, 1.165) is 11.1 Å². The Labute approximate surface area is 165 Å². The van der Waals surface area contributed by atoms with E-state index in [-0.39, 0.29) is 18.9 Å². The molecule has 1 aliphatic heterocycles. The molecule has 1 saturated heterocycles. The lowest BCUT2D eigenvalue weighted by Gasteiger charge is -2.35. The van der Waals surface area contributed by atoms with E-state index >= 15 is 0 Å². The standard InChI is InChI=1S/C22H27NO5/c1-16-27-15-20(25)22(28-16)21(26)19(24)14-23(12-17-8-4-2-5-9-17)13-18-10-6-3-7-11-18/h2-11,16,20-22,25-26H,12-15H2,1H3/t16-,20+,21-,22-/m1/s1. The Kier molecular flexibility index (Phi) is 7.30. The van der Waals surface area contributed by atoms with Crippen molar-refractivity contribution in [2.24, 2.45) is 0 Å². The molecule has 2 aromatic rings. The Bertz CT molecular complexity index is 698. The molecule has 0 aromatic heterocycles. The molecule has 0 saturated carbocycles. The SMILES string of the molecule is C[C@@H]1OC[C@H](O)[C@H]([C@H](O)C(=O)CN(Cc2ccccc2)Cc2ccccc2)O1. The Morgan fingerprint density at radius 2 is 1.61 bits per heavy atom. The molecule has 6 nitrogen and oxygen atoms in total. The predicted molar refractivity (Wildman–Crippen MR) is 104 cm³/mol. The van der Waals surface area contributed by atoms with Crippen LogP contribution in [0.15, 0.2) is 60.7 Å². The van der Waals surface area contributed by atoms with Crippen LogP contribution in [0.25, 0.3) is 0 Å². The van der Waals surface area contributed by atoms with Crippen LogP contribution in [0, 0.1) is 0 Å². The average Bonchev–Trinajstić information content (AvgIpc) is 2.70. The van der Waals surface area contributed by atoms with Gasteiger partial charge in [0.2, 0.25) is 0 Å². The minimum Gasteiger partial charge on any atom is -0.388 e. The van der Waals surface area contributed by atoms with Crippen LogP contribution in [-0.2, 0) is 27.4 Å². The van der Waals surface area contributed by atoms with Crippen molar-refractivity contribution in [1.82, 2.24) is 4.90 Å². The van der Waals surface area contributed by atoms with Crippen LogP contribution in [-0.4, -0.2) is 58.6 Å². The average molecular weight is 385 g/mol. The molecule has 1 heterocycles. The lowest BCUT2D eigenvalue weighted by molar-refractivity contribution is -0.261. The summed E-state index contributed by atoms with van der Waals surface area (Å²) in [5.74, 6) is -0.384. The third-order valence-corrected chi connectivity index (χ3v) is 4.75. The second-order valence-electron chi connectivity index (χ2n) is 7.10. The van der Waals surface area contributed by atoms with Gasteiger partial charge in [0.25, 0.3) is 0 Å². The van der Waals surface area contributed by atoms with E-state index in [0.29, 0.717) is 13.1 Å². The summed E-state index contributed by atoms with van der Waals surface area (Å²) in [5, 5.41) is 20.5. The van der Waals surface area contributed by atoms with Crippen molar-refractivity contribution < 1.29 is 24.5 Å². The Balaban J connectivity index is 1.69. The van der Waals surface area contributed by atoms with Gasteiger partial charge in [-0.05, 0) is 18.1 Å². The zero-order chi connectivity index (χ0) is 19.9. The lowest BCUT2D eigenvalue weighted by atomic mass is 10.0. The molecule has 150 valence electrons. The van der Waals surface area contributed by atoms with Crippen molar-refractivity contribution in [1.29, 1.82) is 0 Å². The number of nitrogens with zero attached hydrogens (tertiary/aromatic N) is 1. The number of ketones is 1. The van der Waals surface area contributed by atoms with Crippen LogP contribution in [0.3, 0.4) is 0 Å². The first-order chi connectivity index (χ1) is 13.5. The Morgan fingerprint density at radius 3 is 2.14 bits per heavy atom. The van der Waals surface area contributed by atoms with E-state index in [9.17, 15) is 15.0 Å². The van der Waals surface area contributed by atoms with Gasteiger partial charge in [-0.1, -0.05) is 60.7 Å². The van der Waals surface area contributed by atoms with E-state index in [1.807, 2.05) is 65.6 Å². The number of aliphatic hydroxyl groups excluding tert-OH is 2. The predicted octanol–water partition coefficient (Wildman–Crippen LogP) is 1.74. The van der Waals surface area contributed by atoms with E-state index < -0.39 is 24.6 Å². The molecule has 3 rings (SSSR count). The fourth-order valence-electron chi connectivity index (χ4n) is 3.31. The zero-order valence-corrected chi connectivity index (χ0v) is 16.0. The fourth-order valence-corrected chi connectivity index (χ4v) is 3.31. The molecule has 6 heteroatoms. The molecule has 1 aliphatic rings. The highest BCUT2D eigenvalue weighted by molar-refractivity contribution is 5.85. The van der Waals surface area contributed by atoms with Crippen LogP contribution < -0.4 is 0 Å². The number of carbonyl (C=O) groups is 1. The van der Waals surface area contributed by atoms with Crippen LogP contribution in [0.1, 0.15) is 18.1 Å². The number of aliphatic hydroxyl groups is 2. The Morgan fingerprint density at radius 1 is 1.07 bits per heavy atom. The first-order valence-corrected chi connectivity index (χ1v) is 9.49. The number of hydrogen-bond donors (Lipinski definition) is 2. The van der Waals surface area contributed by atoms with Crippen molar-refractivity contribution in [3.05, 3.63) is 71.8 Å². The van der Waals surface area contributed by atoms with Gasteiger partial charge >= 0.3 is 0 Å².